The molecule has 0 aromatic heterocycles. The first-order valence-corrected chi connectivity index (χ1v) is 8.36. The smallest absolute Gasteiger partial charge is 0.0234 e. The molecule has 1 aromatic rings. The third-order valence-electron chi connectivity index (χ3n) is 5.64. The first kappa shape index (κ1) is 12.8. The van der Waals surface area contributed by atoms with Gasteiger partial charge in [0.25, 0.3) is 0 Å². The van der Waals surface area contributed by atoms with Gasteiger partial charge in [0.2, 0.25) is 0 Å². The van der Waals surface area contributed by atoms with E-state index in [4.69, 9.17) is 5.73 Å². The van der Waals surface area contributed by atoms with E-state index in [1.807, 2.05) is 0 Å². The summed E-state index contributed by atoms with van der Waals surface area (Å²) in [5.41, 5.74) is 9.39. The van der Waals surface area contributed by atoms with E-state index in [9.17, 15) is 0 Å². The Kier molecular flexibility index (Phi) is 3.31. The van der Waals surface area contributed by atoms with Gasteiger partial charge in [-0.05, 0) is 54.6 Å². The van der Waals surface area contributed by atoms with Crippen LogP contribution in [-0.4, -0.2) is 24.0 Å². The molecule has 2 N–H and O–H groups in total. The molecule has 2 nitrogen and oxygen atoms in total. The van der Waals surface area contributed by atoms with E-state index in [1.165, 1.54) is 50.8 Å². The molecule has 0 spiro atoms. The van der Waals surface area contributed by atoms with Crippen LogP contribution in [0.2, 0.25) is 0 Å². The number of nitrogens with two attached hydrogens (primary N) is 1. The summed E-state index contributed by atoms with van der Waals surface area (Å²) in [4.78, 5) is 2.65. The molecule has 2 saturated carbocycles. The number of nitrogens with zero attached hydrogens (tertiary/aromatic N) is 1. The fraction of sp³-hybridized carbons (Fsp3) is 0.667. The molecule has 3 fully saturated rings. The van der Waals surface area contributed by atoms with Gasteiger partial charge < -0.3 is 5.73 Å². The summed E-state index contributed by atoms with van der Waals surface area (Å²) < 4.78 is 0. The zero-order valence-electron chi connectivity index (χ0n) is 12.3. The molecule has 2 heteroatoms. The van der Waals surface area contributed by atoms with Crippen LogP contribution in [0.5, 0.6) is 0 Å². The Bertz CT molecular complexity index is 480. The van der Waals surface area contributed by atoms with Gasteiger partial charge in [-0.3, -0.25) is 4.90 Å². The number of likely N-dealkylation sites (tertiary alicyclic amines) is 1. The van der Waals surface area contributed by atoms with E-state index in [0.29, 0.717) is 6.04 Å². The van der Waals surface area contributed by atoms with Crippen molar-refractivity contribution in [3.63, 3.8) is 0 Å². The molecule has 1 saturated heterocycles. The second-order valence-electron chi connectivity index (χ2n) is 7.23. The van der Waals surface area contributed by atoms with Gasteiger partial charge in [-0.2, -0.15) is 0 Å². The summed E-state index contributed by atoms with van der Waals surface area (Å²) in [6.07, 6.45) is 6.77. The average Bonchev–Trinajstić information content (AvgIpc) is 3.21. The molecule has 3 atom stereocenters. The third kappa shape index (κ3) is 2.51. The van der Waals surface area contributed by atoms with Crippen molar-refractivity contribution in [1.29, 1.82) is 0 Å². The standard InChI is InChI=1S/C18H26N2/c19-18-6-2-5-16-11-20(12-17(16)18)10-13-3-1-4-15(9-13)14-7-8-14/h1,3-4,9,14,16-18H,2,5-8,10-12,19H2. The third-order valence-corrected chi connectivity index (χ3v) is 5.64. The van der Waals surface area contributed by atoms with E-state index in [0.717, 1.165) is 24.3 Å². The second-order valence-corrected chi connectivity index (χ2v) is 7.23. The predicted octanol–water partition coefficient (Wildman–Crippen LogP) is 3.12. The Morgan fingerprint density at radius 1 is 1.10 bits per heavy atom. The Labute approximate surface area is 122 Å². The van der Waals surface area contributed by atoms with Crippen molar-refractivity contribution in [2.45, 2.75) is 50.6 Å². The molecule has 0 amide bonds. The Hall–Kier alpha value is -0.860. The van der Waals surface area contributed by atoms with Crippen LogP contribution in [0.1, 0.15) is 49.1 Å². The van der Waals surface area contributed by atoms with E-state index >= 15 is 0 Å². The predicted molar refractivity (Wildman–Crippen MR) is 82.5 cm³/mol. The maximum atomic E-state index is 6.32. The van der Waals surface area contributed by atoms with Gasteiger partial charge in [0.05, 0.1) is 0 Å². The van der Waals surface area contributed by atoms with Gasteiger partial charge in [0.1, 0.15) is 0 Å². The highest BCUT2D eigenvalue weighted by atomic mass is 15.2. The van der Waals surface area contributed by atoms with E-state index in [1.54, 1.807) is 5.56 Å². The lowest BCUT2D eigenvalue weighted by Crippen LogP contribution is -2.38. The van der Waals surface area contributed by atoms with Crippen LogP contribution < -0.4 is 5.73 Å². The van der Waals surface area contributed by atoms with Gasteiger partial charge >= 0.3 is 0 Å². The van der Waals surface area contributed by atoms with Crippen LogP contribution in [0, 0.1) is 11.8 Å². The van der Waals surface area contributed by atoms with Crippen LogP contribution in [0.4, 0.5) is 0 Å². The second kappa shape index (κ2) is 5.16. The number of rotatable bonds is 3. The van der Waals surface area contributed by atoms with Crippen LogP contribution in [0.25, 0.3) is 0 Å². The molecule has 1 heterocycles. The summed E-state index contributed by atoms with van der Waals surface area (Å²) in [6.45, 7) is 3.62. The molecular weight excluding hydrogens is 244 g/mol. The number of benzene rings is 1. The average molecular weight is 270 g/mol. The van der Waals surface area contributed by atoms with E-state index in [2.05, 4.69) is 29.2 Å². The monoisotopic (exact) mass is 270 g/mol. The molecule has 3 aliphatic rings. The molecule has 0 radical (unpaired) electrons. The summed E-state index contributed by atoms with van der Waals surface area (Å²) in [5, 5.41) is 0. The van der Waals surface area contributed by atoms with Crippen molar-refractivity contribution in [3.05, 3.63) is 35.4 Å². The van der Waals surface area contributed by atoms with Crippen molar-refractivity contribution in [2.24, 2.45) is 17.6 Å². The lowest BCUT2D eigenvalue weighted by molar-refractivity contribution is 0.259. The molecule has 20 heavy (non-hydrogen) atoms. The first-order chi connectivity index (χ1) is 9.79. The van der Waals surface area contributed by atoms with Gasteiger partial charge in [-0.1, -0.05) is 30.7 Å². The van der Waals surface area contributed by atoms with Crippen molar-refractivity contribution in [2.75, 3.05) is 13.1 Å². The fourth-order valence-corrected chi connectivity index (χ4v) is 4.36. The van der Waals surface area contributed by atoms with Gasteiger partial charge in [0, 0.05) is 25.7 Å². The van der Waals surface area contributed by atoms with Crippen LogP contribution in [-0.2, 0) is 6.54 Å². The summed E-state index contributed by atoms with van der Waals surface area (Å²) in [5.74, 6) is 2.49. The molecule has 4 rings (SSSR count). The van der Waals surface area contributed by atoms with Crippen molar-refractivity contribution in [3.8, 4) is 0 Å². The van der Waals surface area contributed by atoms with Crippen molar-refractivity contribution >= 4 is 0 Å². The lowest BCUT2D eigenvalue weighted by Gasteiger charge is -2.29. The van der Waals surface area contributed by atoms with E-state index in [-0.39, 0.29) is 0 Å². The molecule has 0 bridgehead atoms. The maximum absolute atomic E-state index is 6.32. The minimum atomic E-state index is 0.455. The summed E-state index contributed by atoms with van der Waals surface area (Å²) >= 11 is 0. The van der Waals surface area contributed by atoms with Crippen LogP contribution in [0.15, 0.2) is 24.3 Å². The largest absolute Gasteiger partial charge is 0.327 e. The minimum Gasteiger partial charge on any atom is -0.327 e. The summed E-state index contributed by atoms with van der Waals surface area (Å²) in [6, 6.07) is 9.75. The molecule has 1 aromatic carbocycles. The highest BCUT2D eigenvalue weighted by molar-refractivity contribution is 5.29. The van der Waals surface area contributed by atoms with Gasteiger partial charge in [0.15, 0.2) is 0 Å². The zero-order chi connectivity index (χ0) is 13.5. The van der Waals surface area contributed by atoms with Gasteiger partial charge in [-0.25, -0.2) is 0 Å². The molecular formula is C18H26N2. The number of fused-ring (bicyclic) bond motifs is 1. The summed E-state index contributed by atoms with van der Waals surface area (Å²) in [7, 11) is 0. The molecule has 1 aliphatic heterocycles. The Morgan fingerprint density at radius 2 is 2.00 bits per heavy atom. The minimum absolute atomic E-state index is 0.455. The molecule has 2 aliphatic carbocycles. The van der Waals surface area contributed by atoms with Crippen LogP contribution >= 0.6 is 0 Å². The maximum Gasteiger partial charge on any atom is 0.0234 e. The Morgan fingerprint density at radius 3 is 2.80 bits per heavy atom. The Balaban J connectivity index is 1.43. The fourth-order valence-electron chi connectivity index (χ4n) is 4.36. The first-order valence-electron chi connectivity index (χ1n) is 8.36. The SMILES string of the molecule is NC1CCCC2CN(Cc3cccc(C4CC4)c3)CC12. The van der Waals surface area contributed by atoms with Crippen molar-refractivity contribution in [1.82, 2.24) is 4.90 Å². The van der Waals surface area contributed by atoms with Crippen LogP contribution in [0.3, 0.4) is 0 Å². The quantitative estimate of drug-likeness (QED) is 0.914. The van der Waals surface area contributed by atoms with Crippen molar-refractivity contribution < 1.29 is 0 Å². The number of hydrogen-bond donors (Lipinski definition) is 1. The van der Waals surface area contributed by atoms with E-state index < -0.39 is 0 Å². The highest BCUT2D eigenvalue weighted by Gasteiger charge is 2.38. The number of hydrogen-bond acceptors (Lipinski definition) is 2. The highest BCUT2D eigenvalue weighted by Crippen LogP contribution is 2.40. The molecule has 108 valence electrons. The van der Waals surface area contributed by atoms with Gasteiger partial charge in [-0.15, -0.1) is 0 Å². The zero-order valence-corrected chi connectivity index (χ0v) is 12.3. The topological polar surface area (TPSA) is 29.3 Å². The normalized spacial score (nSPS) is 34.1. The molecule has 3 unspecified atom stereocenters. The lowest BCUT2D eigenvalue weighted by atomic mass is 9.78.